The monoisotopic (exact) mass is 172 g/mol. The summed E-state index contributed by atoms with van der Waals surface area (Å²) in [6, 6.07) is 0.258. The van der Waals surface area contributed by atoms with Crippen molar-refractivity contribution in [1.82, 2.24) is 5.32 Å². The molecule has 4 N–H and O–H groups in total. The smallest absolute Gasteiger partial charge is 0.405 e. The summed E-state index contributed by atoms with van der Waals surface area (Å²) in [6.45, 7) is 1.94. The van der Waals surface area contributed by atoms with E-state index in [9.17, 15) is 4.79 Å². The van der Waals surface area contributed by atoms with Crippen LogP contribution >= 0.6 is 0 Å². The number of carbonyl (C=O) groups is 1. The number of rotatable bonds is 1. The van der Waals surface area contributed by atoms with Crippen molar-refractivity contribution in [2.24, 2.45) is 5.73 Å². The van der Waals surface area contributed by atoms with Crippen LogP contribution in [0.15, 0.2) is 0 Å². The fraction of sp³-hybridized carbons (Fsp3) is 0.875. The second-order valence-corrected chi connectivity index (χ2v) is 3.83. The van der Waals surface area contributed by atoms with Crippen LogP contribution in [-0.4, -0.2) is 22.8 Å². The number of carboxylic acid groups (broad SMARTS) is 1. The van der Waals surface area contributed by atoms with Gasteiger partial charge in [0.15, 0.2) is 0 Å². The van der Waals surface area contributed by atoms with Crippen molar-refractivity contribution in [1.29, 1.82) is 0 Å². The first-order valence-electron chi connectivity index (χ1n) is 4.28. The van der Waals surface area contributed by atoms with Gasteiger partial charge in [0.2, 0.25) is 0 Å². The molecule has 0 aromatic carbocycles. The molecule has 0 aromatic rings. The van der Waals surface area contributed by atoms with Gasteiger partial charge < -0.3 is 16.2 Å². The molecule has 12 heavy (non-hydrogen) atoms. The summed E-state index contributed by atoms with van der Waals surface area (Å²) >= 11 is 0. The first-order chi connectivity index (χ1) is 5.52. The van der Waals surface area contributed by atoms with Gasteiger partial charge in [-0.15, -0.1) is 0 Å². The normalized spacial score (nSPS) is 36.0. The lowest BCUT2D eigenvalue weighted by Crippen LogP contribution is -2.49. The highest BCUT2D eigenvalue weighted by Gasteiger charge is 2.30. The van der Waals surface area contributed by atoms with Gasteiger partial charge in [0.1, 0.15) is 0 Å². The van der Waals surface area contributed by atoms with Crippen LogP contribution in [0.3, 0.4) is 0 Å². The van der Waals surface area contributed by atoms with Gasteiger partial charge in [-0.1, -0.05) is 0 Å². The molecule has 0 saturated heterocycles. The van der Waals surface area contributed by atoms with E-state index in [-0.39, 0.29) is 11.6 Å². The van der Waals surface area contributed by atoms with E-state index in [2.05, 4.69) is 5.32 Å². The molecule has 0 spiro atoms. The Kier molecular flexibility index (Phi) is 2.57. The van der Waals surface area contributed by atoms with E-state index in [1.807, 2.05) is 6.92 Å². The number of hydrogen-bond donors (Lipinski definition) is 3. The molecule has 0 bridgehead atoms. The second kappa shape index (κ2) is 3.31. The third-order valence-electron chi connectivity index (χ3n) is 2.54. The van der Waals surface area contributed by atoms with Crippen LogP contribution in [-0.2, 0) is 0 Å². The quantitative estimate of drug-likeness (QED) is 0.550. The minimum Gasteiger partial charge on any atom is -0.465 e. The van der Waals surface area contributed by atoms with Crippen LogP contribution in [0.2, 0.25) is 0 Å². The fourth-order valence-corrected chi connectivity index (χ4v) is 1.66. The van der Waals surface area contributed by atoms with E-state index < -0.39 is 6.09 Å². The van der Waals surface area contributed by atoms with Crippen molar-refractivity contribution in [3.63, 3.8) is 0 Å². The molecule has 70 valence electrons. The van der Waals surface area contributed by atoms with Gasteiger partial charge in [0.25, 0.3) is 0 Å². The van der Waals surface area contributed by atoms with E-state index in [4.69, 9.17) is 10.8 Å². The van der Waals surface area contributed by atoms with E-state index in [1.165, 1.54) is 0 Å². The van der Waals surface area contributed by atoms with Gasteiger partial charge in [-0.25, -0.2) is 4.79 Å². The standard InChI is InChI=1S/C8H16N2O2/c1-8(10-7(11)12)4-2-6(9)3-5-8/h6,10H,2-5,9H2,1H3,(H,11,12). The summed E-state index contributed by atoms with van der Waals surface area (Å²) in [7, 11) is 0. The van der Waals surface area contributed by atoms with Crippen LogP contribution in [0.1, 0.15) is 32.6 Å². The summed E-state index contributed by atoms with van der Waals surface area (Å²) in [4.78, 5) is 10.4. The minimum absolute atomic E-state index is 0.248. The van der Waals surface area contributed by atoms with Gasteiger partial charge in [0, 0.05) is 11.6 Å². The van der Waals surface area contributed by atoms with Gasteiger partial charge >= 0.3 is 6.09 Å². The van der Waals surface area contributed by atoms with Crippen LogP contribution < -0.4 is 11.1 Å². The summed E-state index contributed by atoms with van der Waals surface area (Å²) < 4.78 is 0. The Balaban J connectivity index is 2.44. The molecule has 0 heterocycles. The molecule has 1 aliphatic rings. The average Bonchev–Trinajstić information content (AvgIpc) is 1.94. The highest BCUT2D eigenvalue weighted by atomic mass is 16.4. The maximum absolute atomic E-state index is 10.4. The van der Waals surface area contributed by atoms with E-state index in [0.29, 0.717) is 0 Å². The SMILES string of the molecule is CC1(NC(=O)O)CCC(N)CC1. The Hall–Kier alpha value is -0.770. The molecule has 1 saturated carbocycles. The van der Waals surface area contributed by atoms with Crippen molar-refractivity contribution in [3.05, 3.63) is 0 Å². The maximum atomic E-state index is 10.4. The Bertz CT molecular complexity index is 174. The molecule has 0 aliphatic heterocycles. The zero-order chi connectivity index (χ0) is 9.19. The summed E-state index contributed by atoms with van der Waals surface area (Å²) in [5.41, 5.74) is 5.46. The van der Waals surface area contributed by atoms with Crippen molar-refractivity contribution in [2.45, 2.75) is 44.2 Å². The maximum Gasteiger partial charge on any atom is 0.405 e. The number of amides is 1. The zero-order valence-electron chi connectivity index (χ0n) is 7.34. The molecule has 1 rings (SSSR count). The number of nitrogens with one attached hydrogen (secondary N) is 1. The van der Waals surface area contributed by atoms with Gasteiger partial charge in [-0.3, -0.25) is 0 Å². The lowest BCUT2D eigenvalue weighted by molar-refractivity contribution is 0.165. The van der Waals surface area contributed by atoms with Crippen LogP contribution in [0.25, 0.3) is 0 Å². The first kappa shape index (κ1) is 9.32. The Morgan fingerprint density at radius 2 is 2.08 bits per heavy atom. The molecule has 0 aromatic heterocycles. The highest BCUT2D eigenvalue weighted by Crippen LogP contribution is 2.26. The molecular formula is C8H16N2O2. The Morgan fingerprint density at radius 1 is 1.58 bits per heavy atom. The number of nitrogens with two attached hydrogens (primary N) is 1. The van der Waals surface area contributed by atoms with E-state index in [1.54, 1.807) is 0 Å². The van der Waals surface area contributed by atoms with E-state index in [0.717, 1.165) is 25.7 Å². The first-order valence-corrected chi connectivity index (χ1v) is 4.28. The third kappa shape index (κ3) is 2.37. The summed E-state index contributed by atoms with van der Waals surface area (Å²) in [6.07, 6.45) is 2.59. The molecule has 4 heteroatoms. The molecule has 0 radical (unpaired) electrons. The largest absolute Gasteiger partial charge is 0.465 e. The van der Waals surface area contributed by atoms with E-state index >= 15 is 0 Å². The third-order valence-corrected chi connectivity index (χ3v) is 2.54. The van der Waals surface area contributed by atoms with Gasteiger partial charge in [-0.05, 0) is 32.6 Å². The van der Waals surface area contributed by atoms with Crippen molar-refractivity contribution in [3.8, 4) is 0 Å². The van der Waals surface area contributed by atoms with Crippen molar-refractivity contribution < 1.29 is 9.90 Å². The van der Waals surface area contributed by atoms with Crippen LogP contribution in [0.5, 0.6) is 0 Å². The fourth-order valence-electron chi connectivity index (χ4n) is 1.66. The Labute approximate surface area is 72.1 Å². The van der Waals surface area contributed by atoms with Crippen LogP contribution in [0, 0.1) is 0 Å². The minimum atomic E-state index is -0.937. The molecule has 1 aliphatic carbocycles. The molecule has 0 unspecified atom stereocenters. The van der Waals surface area contributed by atoms with Crippen molar-refractivity contribution in [2.75, 3.05) is 0 Å². The molecule has 0 atom stereocenters. The molecule has 1 amide bonds. The predicted molar refractivity (Wildman–Crippen MR) is 46.0 cm³/mol. The van der Waals surface area contributed by atoms with Gasteiger partial charge in [-0.2, -0.15) is 0 Å². The second-order valence-electron chi connectivity index (χ2n) is 3.83. The average molecular weight is 172 g/mol. The lowest BCUT2D eigenvalue weighted by Gasteiger charge is -2.35. The molecular weight excluding hydrogens is 156 g/mol. The zero-order valence-corrected chi connectivity index (χ0v) is 7.34. The van der Waals surface area contributed by atoms with Gasteiger partial charge in [0.05, 0.1) is 0 Å². The predicted octanol–water partition coefficient (Wildman–Crippen LogP) is 0.914. The van der Waals surface area contributed by atoms with Crippen molar-refractivity contribution >= 4 is 6.09 Å². The summed E-state index contributed by atoms with van der Waals surface area (Å²) in [5, 5.41) is 11.1. The Morgan fingerprint density at radius 3 is 2.50 bits per heavy atom. The number of hydrogen-bond acceptors (Lipinski definition) is 2. The highest BCUT2D eigenvalue weighted by molar-refractivity contribution is 5.65. The van der Waals surface area contributed by atoms with Crippen LogP contribution in [0.4, 0.5) is 4.79 Å². The lowest BCUT2D eigenvalue weighted by atomic mass is 9.81. The topological polar surface area (TPSA) is 75.3 Å². The molecule has 4 nitrogen and oxygen atoms in total. The molecule has 1 fully saturated rings. The summed E-state index contributed by atoms with van der Waals surface area (Å²) in [5.74, 6) is 0.